The smallest absolute Gasteiger partial charge is 0.270 e. The van der Waals surface area contributed by atoms with E-state index in [0.29, 0.717) is 25.3 Å². The van der Waals surface area contributed by atoms with Crippen molar-refractivity contribution in [1.29, 1.82) is 0 Å². The molecule has 5 nitrogen and oxygen atoms in total. The third-order valence-corrected chi connectivity index (χ3v) is 5.10. The number of carbonyl (C=O) groups excluding carboxylic acids is 2. The molecule has 0 spiro atoms. The Labute approximate surface area is 141 Å². The van der Waals surface area contributed by atoms with Crippen molar-refractivity contribution in [1.82, 2.24) is 14.8 Å². The van der Waals surface area contributed by atoms with Gasteiger partial charge in [-0.1, -0.05) is 30.3 Å². The summed E-state index contributed by atoms with van der Waals surface area (Å²) in [5.74, 6) is 0.106. The maximum absolute atomic E-state index is 12.8. The molecule has 2 bridgehead atoms. The standard InChI is InChI=1S/C19H21N3O2/c23-18-15-8-9-16(22(18)11-14-5-2-1-3-6-14)13-21(12-15)19(24)17-7-4-10-20-17/h1-7,10,15-16,20H,8-9,11-13H2/t15-,16+/m0/s1. The average Bonchev–Trinajstić information content (AvgIpc) is 3.01. The predicted molar refractivity (Wildman–Crippen MR) is 90.2 cm³/mol. The molecule has 0 saturated carbocycles. The summed E-state index contributed by atoms with van der Waals surface area (Å²) in [7, 11) is 0. The number of hydrogen-bond acceptors (Lipinski definition) is 2. The molecule has 0 unspecified atom stereocenters. The lowest BCUT2D eigenvalue weighted by molar-refractivity contribution is -0.140. The molecule has 1 aromatic heterocycles. The van der Waals surface area contributed by atoms with Crippen molar-refractivity contribution < 1.29 is 9.59 Å². The molecule has 2 atom stereocenters. The van der Waals surface area contributed by atoms with Crippen LogP contribution in [0.15, 0.2) is 48.7 Å². The molecule has 1 N–H and O–H groups in total. The van der Waals surface area contributed by atoms with Crippen molar-refractivity contribution in [2.75, 3.05) is 13.1 Å². The van der Waals surface area contributed by atoms with Crippen LogP contribution in [-0.2, 0) is 11.3 Å². The third-order valence-electron chi connectivity index (χ3n) is 5.10. The van der Waals surface area contributed by atoms with E-state index >= 15 is 0 Å². The van der Waals surface area contributed by atoms with Gasteiger partial charge in [-0.05, 0) is 30.5 Å². The Morgan fingerprint density at radius 3 is 2.67 bits per heavy atom. The van der Waals surface area contributed by atoms with Crippen LogP contribution in [0.2, 0.25) is 0 Å². The van der Waals surface area contributed by atoms with Crippen LogP contribution in [0, 0.1) is 5.92 Å². The highest BCUT2D eigenvalue weighted by Crippen LogP contribution is 2.31. The molecule has 5 heteroatoms. The highest BCUT2D eigenvalue weighted by Gasteiger charge is 2.42. The molecule has 4 heterocycles. The van der Waals surface area contributed by atoms with Crippen LogP contribution in [0.1, 0.15) is 28.9 Å². The summed E-state index contributed by atoms with van der Waals surface area (Å²) in [4.78, 5) is 32.3. The van der Waals surface area contributed by atoms with Crippen LogP contribution >= 0.6 is 0 Å². The van der Waals surface area contributed by atoms with Gasteiger partial charge in [-0.3, -0.25) is 9.59 Å². The van der Waals surface area contributed by atoms with Crippen LogP contribution in [0.25, 0.3) is 0 Å². The molecule has 5 rings (SSSR count). The molecule has 2 aromatic rings. The number of aromatic nitrogens is 1. The number of aromatic amines is 1. The van der Waals surface area contributed by atoms with E-state index in [1.54, 1.807) is 12.3 Å². The van der Waals surface area contributed by atoms with Crippen LogP contribution in [0.3, 0.4) is 0 Å². The number of nitrogens with zero attached hydrogens (tertiary/aromatic N) is 2. The lowest BCUT2D eigenvalue weighted by Crippen LogP contribution is -2.47. The third kappa shape index (κ3) is 2.70. The molecule has 124 valence electrons. The lowest BCUT2D eigenvalue weighted by Gasteiger charge is -2.36. The molecule has 3 saturated heterocycles. The minimum atomic E-state index is -0.0774. The van der Waals surface area contributed by atoms with E-state index in [-0.39, 0.29) is 23.8 Å². The van der Waals surface area contributed by atoms with E-state index in [4.69, 9.17) is 0 Å². The van der Waals surface area contributed by atoms with Crippen molar-refractivity contribution in [2.24, 2.45) is 5.92 Å². The SMILES string of the molecule is O=C(c1ccc[nH]1)N1C[C@@H]2CC[C@H](C1)N(Cc1ccccc1)C2=O. The molecule has 0 aliphatic carbocycles. The average molecular weight is 323 g/mol. The van der Waals surface area contributed by atoms with Gasteiger partial charge >= 0.3 is 0 Å². The van der Waals surface area contributed by atoms with Crippen LogP contribution in [0.4, 0.5) is 0 Å². The highest BCUT2D eigenvalue weighted by atomic mass is 16.2. The molecule has 2 amide bonds. The van der Waals surface area contributed by atoms with Crippen molar-refractivity contribution in [3.8, 4) is 0 Å². The molecule has 3 aliphatic heterocycles. The first-order valence-corrected chi connectivity index (χ1v) is 8.49. The fraction of sp³-hybridized carbons (Fsp3) is 0.368. The van der Waals surface area contributed by atoms with Gasteiger partial charge in [0.2, 0.25) is 5.91 Å². The molecular formula is C19H21N3O2. The quantitative estimate of drug-likeness (QED) is 0.942. The first-order valence-electron chi connectivity index (χ1n) is 8.49. The van der Waals surface area contributed by atoms with E-state index < -0.39 is 0 Å². The highest BCUT2D eigenvalue weighted by molar-refractivity contribution is 5.93. The molecule has 0 radical (unpaired) electrons. The second-order valence-corrected chi connectivity index (χ2v) is 6.67. The molecule has 3 aliphatic rings. The maximum atomic E-state index is 12.8. The Kier molecular flexibility index (Phi) is 3.84. The number of fused-ring (bicyclic) bond motifs is 4. The zero-order valence-electron chi connectivity index (χ0n) is 13.5. The van der Waals surface area contributed by atoms with Gasteiger partial charge in [0.25, 0.3) is 5.91 Å². The van der Waals surface area contributed by atoms with E-state index in [0.717, 1.165) is 18.4 Å². The van der Waals surface area contributed by atoms with Crippen LogP contribution < -0.4 is 0 Å². The van der Waals surface area contributed by atoms with E-state index in [1.165, 1.54) is 0 Å². The van der Waals surface area contributed by atoms with Gasteiger partial charge < -0.3 is 14.8 Å². The largest absolute Gasteiger partial charge is 0.357 e. The van der Waals surface area contributed by atoms with Gasteiger partial charge in [0, 0.05) is 31.9 Å². The normalized spacial score (nSPS) is 23.4. The summed E-state index contributed by atoms with van der Waals surface area (Å²) in [5, 5.41) is 0. The Morgan fingerprint density at radius 1 is 1.08 bits per heavy atom. The monoisotopic (exact) mass is 323 g/mol. The van der Waals surface area contributed by atoms with Crippen molar-refractivity contribution in [2.45, 2.75) is 25.4 Å². The van der Waals surface area contributed by atoms with Gasteiger partial charge in [-0.15, -0.1) is 0 Å². The van der Waals surface area contributed by atoms with E-state index in [2.05, 4.69) is 4.98 Å². The molecule has 3 fully saturated rings. The zero-order chi connectivity index (χ0) is 16.5. The number of benzene rings is 1. The summed E-state index contributed by atoms with van der Waals surface area (Å²) < 4.78 is 0. The summed E-state index contributed by atoms with van der Waals surface area (Å²) in [5.41, 5.74) is 1.74. The summed E-state index contributed by atoms with van der Waals surface area (Å²) in [6, 6.07) is 13.8. The van der Waals surface area contributed by atoms with Gasteiger partial charge in [0.05, 0.1) is 5.92 Å². The van der Waals surface area contributed by atoms with E-state index in [1.807, 2.05) is 46.2 Å². The number of rotatable bonds is 3. The first-order chi connectivity index (χ1) is 11.7. The molecule has 1 aromatic carbocycles. The summed E-state index contributed by atoms with van der Waals surface area (Å²) >= 11 is 0. The fourth-order valence-corrected chi connectivity index (χ4v) is 3.83. The molecule has 24 heavy (non-hydrogen) atoms. The summed E-state index contributed by atoms with van der Waals surface area (Å²) in [6.45, 7) is 1.77. The first kappa shape index (κ1) is 15.0. The van der Waals surface area contributed by atoms with E-state index in [9.17, 15) is 9.59 Å². The number of nitrogens with one attached hydrogen (secondary N) is 1. The number of carbonyl (C=O) groups is 2. The molecular weight excluding hydrogens is 302 g/mol. The minimum Gasteiger partial charge on any atom is -0.357 e. The van der Waals surface area contributed by atoms with Gasteiger partial charge in [0.15, 0.2) is 0 Å². The fourth-order valence-electron chi connectivity index (χ4n) is 3.83. The summed E-state index contributed by atoms with van der Waals surface area (Å²) in [6.07, 6.45) is 3.60. The number of amides is 2. The number of piperidine rings is 1. The minimum absolute atomic E-state index is 0.00809. The van der Waals surface area contributed by atoms with Gasteiger partial charge in [-0.2, -0.15) is 0 Å². The van der Waals surface area contributed by atoms with Gasteiger partial charge in [-0.25, -0.2) is 0 Å². The number of hydrogen-bond donors (Lipinski definition) is 1. The topological polar surface area (TPSA) is 56.4 Å². The van der Waals surface area contributed by atoms with Crippen molar-refractivity contribution in [3.63, 3.8) is 0 Å². The second-order valence-electron chi connectivity index (χ2n) is 6.67. The maximum Gasteiger partial charge on any atom is 0.270 e. The Hall–Kier alpha value is -2.56. The Morgan fingerprint density at radius 2 is 1.92 bits per heavy atom. The lowest BCUT2D eigenvalue weighted by atomic mass is 9.93. The Balaban J connectivity index is 1.55. The predicted octanol–water partition coefficient (Wildman–Crippen LogP) is 2.28. The number of H-pyrrole nitrogens is 1. The van der Waals surface area contributed by atoms with Crippen LogP contribution in [-0.4, -0.2) is 45.7 Å². The second kappa shape index (κ2) is 6.15. The van der Waals surface area contributed by atoms with Crippen molar-refractivity contribution in [3.05, 3.63) is 59.9 Å². The van der Waals surface area contributed by atoms with Crippen LogP contribution in [0.5, 0.6) is 0 Å². The van der Waals surface area contributed by atoms with Gasteiger partial charge in [0.1, 0.15) is 5.69 Å². The Bertz CT molecular complexity index is 726. The zero-order valence-corrected chi connectivity index (χ0v) is 13.5. The van der Waals surface area contributed by atoms with Crippen molar-refractivity contribution >= 4 is 11.8 Å².